The number of hydrogen-bond acceptors (Lipinski definition) is 4. The average molecular weight is 279 g/mol. The molecule has 4 heteroatoms. The molecule has 1 unspecified atom stereocenters. The van der Waals surface area contributed by atoms with Crippen molar-refractivity contribution in [1.82, 2.24) is 10.2 Å². The quantitative estimate of drug-likeness (QED) is 0.798. The highest BCUT2D eigenvalue weighted by molar-refractivity contribution is 8.13. The highest BCUT2D eigenvalue weighted by Gasteiger charge is 2.38. The van der Waals surface area contributed by atoms with E-state index < -0.39 is 0 Å². The van der Waals surface area contributed by atoms with Crippen LogP contribution in [-0.4, -0.2) is 48.0 Å². The van der Waals surface area contributed by atoms with Gasteiger partial charge in [0.25, 0.3) is 0 Å². The summed E-state index contributed by atoms with van der Waals surface area (Å²) in [6.45, 7) is 4.98. The molecule has 0 aromatic rings. The molecule has 0 aromatic heterocycles. The lowest BCUT2D eigenvalue weighted by molar-refractivity contribution is 0.0815. The van der Waals surface area contributed by atoms with E-state index in [9.17, 15) is 0 Å². The van der Waals surface area contributed by atoms with Gasteiger partial charge in [0.1, 0.15) is 0 Å². The van der Waals surface area contributed by atoms with Crippen molar-refractivity contribution >= 4 is 16.9 Å². The van der Waals surface area contributed by atoms with Crippen LogP contribution in [0.4, 0.5) is 0 Å². The van der Waals surface area contributed by atoms with Crippen LogP contribution < -0.4 is 5.32 Å². The maximum atomic E-state index is 4.89. The zero-order valence-corrected chi connectivity index (χ0v) is 12.6. The summed E-state index contributed by atoms with van der Waals surface area (Å²) in [5.41, 5.74) is 0.574. The summed E-state index contributed by atoms with van der Waals surface area (Å²) >= 11 is 2.00. The fraction of sp³-hybridized carbons (Fsp3) is 0.933. The Hall–Kier alpha value is -0.220. The van der Waals surface area contributed by atoms with Gasteiger partial charge in [-0.3, -0.25) is 4.99 Å². The fourth-order valence-electron chi connectivity index (χ4n) is 4.35. The van der Waals surface area contributed by atoms with E-state index in [-0.39, 0.29) is 0 Å². The summed E-state index contributed by atoms with van der Waals surface area (Å²) in [7, 11) is 0. The maximum absolute atomic E-state index is 4.89. The Morgan fingerprint density at radius 1 is 1.21 bits per heavy atom. The minimum Gasteiger partial charge on any atom is -0.361 e. The molecule has 2 bridgehead atoms. The van der Waals surface area contributed by atoms with Crippen LogP contribution in [0.25, 0.3) is 0 Å². The van der Waals surface area contributed by atoms with Crippen molar-refractivity contribution in [3.05, 3.63) is 0 Å². The Morgan fingerprint density at radius 3 is 2.58 bits per heavy atom. The number of piperidine rings is 3. The van der Waals surface area contributed by atoms with Crippen molar-refractivity contribution in [2.24, 2.45) is 16.3 Å². The van der Waals surface area contributed by atoms with E-state index >= 15 is 0 Å². The van der Waals surface area contributed by atoms with E-state index in [2.05, 4.69) is 10.2 Å². The molecule has 1 aliphatic carbocycles. The van der Waals surface area contributed by atoms with E-state index in [0.29, 0.717) is 11.5 Å². The number of aliphatic imine (C=N–C) groups is 1. The van der Waals surface area contributed by atoms with Crippen molar-refractivity contribution in [3.63, 3.8) is 0 Å². The monoisotopic (exact) mass is 279 g/mol. The first kappa shape index (κ1) is 12.5. The van der Waals surface area contributed by atoms with Gasteiger partial charge in [-0.15, -0.1) is 0 Å². The van der Waals surface area contributed by atoms with Crippen LogP contribution >= 0.6 is 11.8 Å². The first-order valence-corrected chi connectivity index (χ1v) is 8.98. The summed E-state index contributed by atoms with van der Waals surface area (Å²) in [5.74, 6) is 2.20. The molecule has 5 aliphatic rings. The van der Waals surface area contributed by atoms with Crippen LogP contribution in [0.3, 0.4) is 0 Å². The molecule has 0 aromatic carbocycles. The standard InChI is InChI=1S/C15H25N3S/c1-2-6-15(5-1)10-16-14(19-11-15)17-13-9-18-7-3-12(13)4-8-18/h12-13H,1-11H2,(H,16,17). The van der Waals surface area contributed by atoms with Gasteiger partial charge in [-0.25, -0.2) is 0 Å². The van der Waals surface area contributed by atoms with Crippen LogP contribution in [0.2, 0.25) is 0 Å². The van der Waals surface area contributed by atoms with Crippen LogP contribution in [0.1, 0.15) is 38.5 Å². The van der Waals surface area contributed by atoms with Gasteiger partial charge < -0.3 is 10.2 Å². The van der Waals surface area contributed by atoms with E-state index in [0.717, 1.165) is 12.5 Å². The zero-order chi connectivity index (χ0) is 12.7. The first-order valence-electron chi connectivity index (χ1n) is 7.99. The summed E-state index contributed by atoms with van der Waals surface area (Å²) < 4.78 is 0. The molecule has 1 saturated carbocycles. The van der Waals surface area contributed by atoms with Crippen LogP contribution in [-0.2, 0) is 0 Å². The Balaban J connectivity index is 1.37. The van der Waals surface area contributed by atoms with Gasteiger partial charge in [-0.1, -0.05) is 24.6 Å². The molecule has 1 N–H and O–H groups in total. The molecule has 1 atom stereocenters. The molecule has 19 heavy (non-hydrogen) atoms. The van der Waals surface area contributed by atoms with E-state index in [1.807, 2.05) is 11.8 Å². The predicted octanol–water partition coefficient (Wildman–Crippen LogP) is 2.33. The zero-order valence-electron chi connectivity index (χ0n) is 11.7. The van der Waals surface area contributed by atoms with Gasteiger partial charge in [-0.2, -0.15) is 0 Å². The lowest BCUT2D eigenvalue weighted by Gasteiger charge is -2.45. The molecule has 3 nitrogen and oxygen atoms in total. The number of hydrogen-bond donors (Lipinski definition) is 1. The smallest absolute Gasteiger partial charge is 0.156 e. The summed E-state index contributed by atoms with van der Waals surface area (Å²) in [5, 5.41) is 5.01. The lowest BCUT2D eigenvalue weighted by atomic mass is 9.84. The molecule has 3 saturated heterocycles. The number of nitrogens with zero attached hydrogens (tertiary/aromatic N) is 2. The Kier molecular flexibility index (Phi) is 3.27. The lowest BCUT2D eigenvalue weighted by Crippen LogP contribution is -2.57. The number of amidine groups is 1. The third-order valence-corrected chi connectivity index (χ3v) is 6.98. The topological polar surface area (TPSA) is 27.6 Å². The van der Waals surface area contributed by atoms with Crippen LogP contribution in [0.5, 0.6) is 0 Å². The summed E-state index contributed by atoms with van der Waals surface area (Å²) in [6.07, 6.45) is 8.46. The van der Waals surface area contributed by atoms with Crippen LogP contribution in [0, 0.1) is 11.3 Å². The predicted molar refractivity (Wildman–Crippen MR) is 81.7 cm³/mol. The maximum Gasteiger partial charge on any atom is 0.156 e. The molecule has 5 rings (SSSR count). The molecular formula is C15H25N3S. The van der Waals surface area contributed by atoms with Gasteiger partial charge in [0.2, 0.25) is 0 Å². The minimum atomic E-state index is 0.574. The molecule has 106 valence electrons. The number of nitrogens with one attached hydrogen (secondary N) is 1. The minimum absolute atomic E-state index is 0.574. The normalized spacial score (nSPS) is 40.4. The summed E-state index contributed by atoms with van der Waals surface area (Å²) in [6, 6.07) is 0.673. The van der Waals surface area contributed by atoms with Gasteiger partial charge in [-0.05, 0) is 50.1 Å². The number of thioether (sulfide) groups is 1. The largest absolute Gasteiger partial charge is 0.361 e. The molecule has 4 aliphatic heterocycles. The van der Waals surface area contributed by atoms with Crippen molar-refractivity contribution in [2.75, 3.05) is 31.9 Å². The molecule has 4 heterocycles. The van der Waals surface area contributed by atoms with Crippen LogP contribution in [0.15, 0.2) is 4.99 Å². The number of fused-ring (bicyclic) bond motifs is 3. The van der Waals surface area contributed by atoms with E-state index in [1.54, 1.807) is 0 Å². The molecule has 4 fully saturated rings. The van der Waals surface area contributed by atoms with Gasteiger partial charge >= 0.3 is 0 Å². The molecule has 0 radical (unpaired) electrons. The molecule has 1 spiro atoms. The average Bonchev–Trinajstić information content (AvgIpc) is 2.92. The third kappa shape index (κ3) is 2.42. The van der Waals surface area contributed by atoms with E-state index in [1.165, 1.54) is 69.1 Å². The highest BCUT2D eigenvalue weighted by atomic mass is 32.2. The highest BCUT2D eigenvalue weighted by Crippen LogP contribution is 2.43. The SMILES string of the molecule is C1CCC2(C1)CN=C(NC1CN3CCC1CC3)SC2. The van der Waals surface area contributed by atoms with Gasteiger partial charge in [0.05, 0.1) is 0 Å². The Morgan fingerprint density at radius 2 is 2.00 bits per heavy atom. The van der Waals surface area contributed by atoms with Gasteiger partial charge in [0, 0.05) is 24.9 Å². The fourth-order valence-corrected chi connectivity index (χ4v) is 5.57. The third-order valence-electron chi connectivity index (χ3n) is 5.70. The summed E-state index contributed by atoms with van der Waals surface area (Å²) in [4.78, 5) is 7.51. The first-order chi connectivity index (χ1) is 9.33. The Labute approximate surface area is 120 Å². The number of rotatable bonds is 1. The molecule has 0 amide bonds. The molecular weight excluding hydrogens is 254 g/mol. The van der Waals surface area contributed by atoms with Crippen molar-refractivity contribution in [3.8, 4) is 0 Å². The second-order valence-corrected chi connectivity index (χ2v) is 7.97. The second-order valence-electron chi connectivity index (χ2n) is 7.01. The van der Waals surface area contributed by atoms with Crippen molar-refractivity contribution in [1.29, 1.82) is 0 Å². The van der Waals surface area contributed by atoms with Gasteiger partial charge in [0.15, 0.2) is 5.17 Å². The van der Waals surface area contributed by atoms with Crippen molar-refractivity contribution in [2.45, 2.75) is 44.6 Å². The Bertz CT molecular complexity index is 368. The van der Waals surface area contributed by atoms with Crippen molar-refractivity contribution < 1.29 is 0 Å². The second kappa shape index (κ2) is 4.96. The van der Waals surface area contributed by atoms with E-state index in [4.69, 9.17) is 4.99 Å².